The van der Waals surface area contributed by atoms with E-state index in [9.17, 15) is 14.4 Å². The molecule has 0 saturated carbocycles. The van der Waals surface area contributed by atoms with Gasteiger partial charge in [0.25, 0.3) is 0 Å². The number of imide groups is 1. The number of carbonyl (C=O) groups is 3. The number of thioether (sulfide) groups is 1. The quantitative estimate of drug-likeness (QED) is 0.547. The molecule has 1 aromatic rings. The number of amides is 2. The second kappa shape index (κ2) is 8.87. The van der Waals surface area contributed by atoms with Gasteiger partial charge in [-0.05, 0) is 38.1 Å². The Labute approximate surface area is 150 Å². The van der Waals surface area contributed by atoms with Gasteiger partial charge in [0.1, 0.15) is 11.8 Å². The number of anilines is 1. The van der Waals surface area contributed by atoms with E-state index in [1.807, 2.05) is 6.92 Å². The Hall–Kier alpha value is -2.06. The zero-order chi connectivity index (χ0) is 18.4. The van der Waals surface area contributed by atoms with Crippen LogP contribution in [0.1, 0.15) is 20.3 Å². The van der Waals surface area contributed by atoms with Gasteiger partial charge in [0, 0.05) is 12.2 Å². The van der Waals surface area contributed by atoms with Crippen LogP contribution >= 0.6 is 11.8 Å². The van der Waals surface area contributed by atoms with Gasteiger partial charge < -0.3 is 15.2 Å². The average molecular weight is 366 g/mol. The summed E-state index contributed by atoms with van der Waals surface area (Å²) in [4.78, 5) is 37.5. The maximum Gasteiger partial charge on any atom is 0.323 e. The highest BCUT2D eigenvalue weighted by Gasteiger charge is 2.40. The van der Waals surface area contributed by atoms with Crippen LogP contribution in [-0.2, 0) is 19.1 Å². The summed E-state index contributed by atoms with van der Waals surface area (Å²) in [6, 6.07) is 5.98. The molecular formula is C17H22N2O5S. The second-order valence-electron chi connectivity index (χ2n) is 5.38. The molecule has 1 aliphatic heterocycles. The molecule has 1 heterocycles. The summed E-state index contributed by atoms with van der Waals surface area (Å²) in [6.07, 6.45) is 0.0895. The molecule has 0 bridgehead atoms. The molecule has 0 spiro atoms. The van der Waals surface area contributed by atoms with Gasteiger partial charge in [0.2, 0.25) is 11.8 Å². The number of carbonyl (C=O) groups excluding carboxylic acids is 3. The number of ether oxygens (including phenoxy) is 2. The van der Waals surface area contributed by atoms with Crippen molar-refractivity contribution >= 4 is 35.2 Å². The number of rotatable bonds is 8. The van der Waals surface area contributed by atoms with Crippen molar-refractivity contribution in [3.63, 3.8) is 0 Å². The van der Waals surface area contributed by atoms with Gasteiger partial charge >= 0.3 is 5.97 Å². The normalized spacial score (nSPS) is 18.4. The van der Waals surface area contributed by atoms with Crippen LogP contribution in [0, 0.1) is 0 Å². The van der Waals surface area contributed by atoms with Gasteiger partial charge in [-0.3, -0.25) is 14.4 Å². The first kappa shape index (κ1) is 19.3. The minimum atomic E-state index is -0.813. The molecule has 1 aliphatic rings. The summed E-state index contributed by atoms with van der Waals surface area (Å²) >= 11 is 1.21. The molecule has 0 aliphatic carbocycles. The van der Waals surface area contributed by atoms with Gasteiger partial charge in [-0.25, -0.2) is 4.90 Å². The van der Waals surface area contributed by atoms with Gasteiger partial charge in [-0.15, -0.1) is 11.8 Å². The van der Waals surface area contributed by atoms with Gasteiger partial charge in [0.05, 0.1) is 24.2 Å². The van der Waals surface area contributed by atoms with E-state index >= 15 is 0 Å². The third-order valence-electron chi connectivity index (χ3n) is 3.58. The number of nitrogens with two attached hydrogens (primary N) is 1. The van der Waals surface area contributed by atoms with Crippen molar-refractivity contribution in [2.45, 2.75) is 31.6 Å². The molecule has 2 atom stereocenters. The van der Waals surface area contributed by atoms with E-state index in [-0.39, 0.29) is 30.6 Å². The predicted octanol–water partition coefficient (Wildman–Crippen LogP) is 1.34. The standard InChI is InChI=1S/C17H22N2O5S/c1-3-23-12-7-5-11(6-8-12)19-15(20)9-14(16(19)21)25-10-13(18)17(22)24-4-2/h5-8,13-14H,3-4,9-10,18H2,1-2H3/t13-,14-/m1/s1. The molecule has 0 aromatic heterocycles. The third kappa shape index (κ3) is 4.73. The molecular weight excluding hydrogens is 344 g/mol. The van der Waals surface area contributed by atoms with Crippen LogP contribution in [0.5, 0.6) is 5.75 Å². The van der Waals surface area contributed by atoms with Crippen molar-refractivity contribution in [3.05, 3.63) is 24.3 Å². The minimum Gasteiger partial charge on any atom is -0.494 e. The fraction of sp³-hybridized carbons (Fsp3) is 0.471. The van der Waals surface area contributed by atoms with Crippen LogP contribution in [0.4, 0.5) is 5.69 Å². The molecule has 1 saturated heterocycles. The van der Waals surface area contributed by atoms with Crippen LogP contribution in [0.2, 0.25) is 0 Å². The first-order chi connectivity index (χ1) is 12.0. The first-order valence-electron chi connectivity index (χ1n) is 8.11. The van der Waals surface area contributed by atoms with Crippen LogP contribution < -0.4 is 15.4 Å². The SMILES string of the molecule is CCOC(=O)[C@H](N)CS[C@@H]1CC(=O)N(c2ccc(OCC)cc2)C1=O. The van der Waals surface area contributed by atoms with E-state index in [1.165, 1.54) is 16.7 Å². The molecule has 25 heavy (non-hydrogen) atoms. The predicted molar refractivity (Wildman–Crippen MR) is 95.6 cm³/mol. The lowest BCUT2D eigenvalue weighted by molar-refractivity contribution is -0.144. The summed E-state index contributed by atoms with van der Waals surface area (Å²) in [5, 5.41) is -0.542. The van der Waals surface area contributed by atoms with E-state index in [4.69, 9.17) is 15.2 Å². The van der Waals surface area contributed by atoms with Crippen LogP contribution in [0.25, 0.3) is 0 Å². The smallest absolute Gasteiger partial charge is 0.323 e. The maximum absolute atomic E-state index is 12.5. The molecule has 8 heteroatoms. The molecule has 2 amide bonds. The number of esters is 1. The highest BCUT2D eigenvalue weighted by molar-refractivity contribution is 8.00. The van der Waals surface area contributed by atoms with Gasteiger partial charge in [0.15, 0.2) is 0 Å². The topological polar surface area (TPSA) is 98.9 Å². The molecule has 0 radical (unpaired) electrons. The largest absolute Gasteiger partial charge is 0.494 e. The van der Waals surface area contributed by atoms with E-state index < -0.39 is 17.3 Å². The number of hydrogen-bond acceptors (Lipinski definition) is 7. The Balaban J connectivity index is 1.98. The van der Waals surface area contributed by atoms with E-state index in [1.54, 1.807) is 31.2 Å². The lowest BCUT2D eigenvalue weighted by Crippen LogP contribution is -2.36. The zero-order valence-electron chi connectivity index (χ0n) is 14.3. The molecule has 0 unspecified atom stereocenters. The van der Waals surface area contributed by atoms with Crippen molar-refractivity contribution in [2.24, 2.45) is 5.73 Å². The summed E-state index contributed by atoms with van der Waals surface area (Å²) in [5.74, 6) is -0.169. The Morgan fingerprint density at radius 3 is 2.56 bits per heavy atom. The van der Waals surface area contributed by atoms with Gasteiger partial charge in [-0.2, -0.15) is 0 Å². The Morgan fingerprint density at radius 1 is 1.28 bits per heavy atom. The Morgan fingerprint density at radius 2 is 1.96 bits per heavy atom. The van der Waals surface area contributed by atoms with E-state index in [2.05, 4.69) is 0 Å². The summed E-state index contributed by atoms with van der Waals surface area (Å²) in [5.41, 5.74) is 6.24. The Kier molecular flexibility index (Phi) is 6.83. The molecule has 7 nitrogen and oxygen atoms in total. The number of nitrogens with zero attached hydrogens (tertiary/aromatic N) is 1. The van der Waals surface area contributed by atoms with E-state index in [0.717, 1.165) is 0 Å². The van der Waals surface area contributed by atoms with Crippen molar-refractivity contribution in [1.29, 1.82) is 0 Å². The minimum absolute atomic E-state index is 0.0895. The summed E-state index contributed by atoms with van der Waals surface area (Å²) in [6.45, 7) is 4.37. The number of benzene rings is 1. The first-order valence-corrected chi connectivity index (χ1v) is 9.16. The highest BCUT2D eigenvalue weighted by Crippen LogP contribution is 2.30. The average Bonchev–Trinajstić information content (AvgIpc) is 2.88. The van der Waals surface area contributed by atoms with E-state index in [0.29, 0.717) is 18.0 Å². The van der Waals surface area contributed by atoms with Crippen LogP contribution in [0.15, 0.2) is 24.3 Å². The lowest BCUT2D eigenvalue weighted by atomic mass is 10.3. The van der Waals surface area contributed by atoms with Crippen molar-refractivity contribution in [1.82, 2.24) is 0 Å². The molecule has 2 rings (SSSR count). The molecule has 136 valence electrons. The number of hydrogen-bond donors (Lipinski definition) is 1. The lowest BCUT2D eigenvalue weighted by Gasteiger charge is -2.16. The zero-order valence-corrected chi connectivity index (χ0v) is 15.1. The Bertz CT molecular complexity index is 634. The van der Waals surface area contributed by atoms with Crippen molar-refractivity contribution < 1.29 is 23.9 Å². The highest BCUT2D eigenvalue weighted by atomic mass is 32.2. The fourth-order valence-corrected chi connectivity index (χ4v) is 3.48. The summed E-state index contributed by atoms with van der Waals surface area (Å²) < 4.78 is 10.2. The second-order valence-corrected chi connectivity index (χ2v) is 6.61. The van der Waals surface area contributed by atoms with Crippen molar-refractivity contribution in [3.8, 4) is 5.75 Å². The van der Waals surface area contributed by atoms with Crippen LogP contribution in [-0.4, -0.2) is 48.0 Å². The van der Waals surface area contributed by atoms with Crippen molar-refractivity contribution in [2.75, 3.05) is 23.9 Å². The molecule has 1 fully saturated rings. The molecule has 2 N–H and O–H groups in total. The summed E-state index contributed by atoms with van der Waals surface area (Å²) in [7, 11) is 0. The van der Waals surface area contributed by atoms with Crippen LogP contribution in [0.3, 0.4) is 0 Å². The third-order valence-corrected chi connectivity index (χ3v) is 4.90. The molecule has 1 aromatic carbocycles. The van der Waals surface area contributed by atoms with Gasteiger partial charge in [-0.1, -0.05) is 0 Å². The monoisotopic (exact) mass is 366 g/mol. The fourth-order valence-electron chi connectivity index (χ4n) is 2.40. The maximum atomic E-state index is 12.5.